The third-order valence-electron chi connectivity index (χ3n) is 4.00. The molecule has 24 heavy (non-hydrogen) atoms. The van der Waals surface area contributed by atoms with Gasteiger partial charge in [0.2, 0.25) is 0 Å². The standard InChI is InChI=1S/C17H20N2O5/c1-4-9-18-10-15(23-2)16(17(24-3)14(18)11-20)12-7-5-6-8-13(12)19(21)22/h5-8,10,16-17H,4,9H2,1-3H3. The van der Waals surface area contributed by atoms with E-state index >= 15 is 0 Å². The smallest absolute Gasteiger partial charge is 0.273 e. The van der Waals surface area contributed by atoms with E-state index in [1.165, 1.54) is 20.3 Å². The highest BCUT2D eigenvalue weighted by Gasteiger charge is 2.41. The molecule has 1 aromatic rings. The number of hydrogen-bond acceptors (Lipinski definition) is 6. The zero-order chi connectivity index (χ0) is 17.7. The van der Waals surface area contributed by atoms with Crippen LogP contribution in [0.5, 0.6) is 0 Å². The zero-order valence-electron chi connectivity index (χ0n) is 13.9. The van der Waals surface area contributed by atoms with Crippen LogP contribution in [0.3, 0.4) is 0 Å². The monoisotopic (exact) mass is 332 g/mol. The van der Waals surface area contributed by atoms with Gasteiger partial charge in [-0.15, -0.1) is 0 Å². The molecule has 2 rings (SSSR count). The first kappa shape index (κ1) is 17.7. The van der Waals surface area contributed by atoms with Gasteiger partial charge in [-0.05, 0) is 6.42 Å². The van der Waals surface area contributed by atoms with Crippen molar-refractivity contribution in [1.82, 2.24) is 4.90 Å². The number of nitro groups is 1. The first-order chi connectivity index (χ1) is 11.6. The molecule has 0 saturated heterocycles. The fourth-order valence-corrected chi connectivity index (χ4v) is 2.98. The van der Waals surface area contributed by atoms with E-state index < -0.39 is 16.9 Å². The summed E-state index contributed by atoms with van der Waals surface area (Å²) in [5.74, 6) is 1.84. The summed E-state index contributed by atoms with van der Waals surface area (Å²) in [6.45, 7) is 2.58. The highest BCUT2D eigenvalue weighted by atomic mass is 16.6. The first-order valence-corrected chi connectivity index (χ1v) is 7.62. The van der Waals surface area contributed by atoms with Gasteiger partial charge in [-0.2, -0.15) is 0 Å². The van der Waals surface area contributed by atoms with Crippen LogP contribution in [0.4, 0.5) is 5.69 Å². The van der Waals surface area contributed by atoms with E-state index in [1.54, 1.807) is 29.3 Å². The van der Waals surface area contributed by atoms with E-state index in [0.29, 0.717) is 23.6 Å². The number of nitro benzene ring substituents is 1. The van der Waals surface area contributed by atoms with Crippen LogP contribution in [-0.4, -0.2) is 42.6 Å². The predicted octanol–water partition coefficient (Wildman–Crippen LogP) is 2.62. The van der Waals surface area contributed by atoms with E-state index in [1.807, 2.05) is 12.9 Å². The van der Waals surface area contributed by atoms with E-state index in [9.17, 15) is 14.9 Å². The number of ether oxygens (including phenoxy) is 2. The second-order valence-electron chi connectivity index (χ2n) is 5.37. The Bertz CT molecular complexity index is 694. The summed E-state index contributed by atoms with van der Waals surface area (Å²) in [6.07, 6.45) is 1.79. The number of carbonyl (C=O) groups excluding carboxylic acids is 1. The van der Waals surface area contributed by atoms with Crippen molar-refractivity contribution in [3.63, 3.8) is 0 Å². The average Bonchev–Trinajstić information content (AvgIpc) is 2.60. The summed E-state index contributed by atoms with van der Waals surface area (Å²) in [6, 6.07) is 6.39. The Kier molecular flexibility index (Phi) is 5.73. The van der Waals surface area contributed by atoms with Crippen molar-refractivity contribution >= 4 is 11.6 Å². The van der Waals surface area contributed by atoms with Gasteiger partial charge >= 0.3 is 0 Å². The van der Waals surface area contributed by atoms with Gasteiger partial charge in [-0.25, -0.2) is 4.79 Å². The lowest BCUT2D eigenvalue weighted by molar-refractivity contribution is -0.385. The SMILES string of the molecule is CCCN1C=C(OC)C(c2ccccc2[N+](=O)[O-])C(OC)C1=C=O. The Morgan fingerprint density at radius 2 is 2.04 bits per heavy atom. The second kappa shape index (κ2) is 7.77. The Balaban J connectivity index is 2.64. The number of hydrogen-bond donors (Lipinski definition) is 0. The van der Waals surface area contributed by atoms with Crippen molar-refractivity contribution in [2.45, 2.75) is 25.4 Å². The van der Waals surface area contributed by atoms with Crippen molar-refractivity contribution in [3.05, 3.63) is 57.6 Å². The van der Waals surface area contributed by atoms with E-state index in [2.05, 4.69) is 0 Å². The minimum atomic E-state index is -0.713. The molecular weight excluding hydrogens is 312 g/mol. The fourth-order valence-electron chi connectivity index (χ4n) is 2.98. The fraction of sp³-hybridized carbons (Fsp3) is 0.412. The molecule has 7 nitrogen and oxygen atoms in total. The number of para-hydroxylation sites is 1. The predicted molar refractivity (Wildman–Crippen MR) is 87.9 cm³/mol. The number of rotatable bonds is 6. The normalized spacial score (nSPS) is 20.4. The lowest BCUT2D eigenvalue weighted by atomic mass is 9.86. The topological polar surface area (TPSA) is 81.9 Å². The summed E-state index contributed by atoms with van der Waals surface area (Å²) < 4.78 is 11.0. The molecule has 0 aliphatic carbocycles. The van der Waals surface area contributed by atoms with Crippen LogP contribution in [0, 0.1) is 10.1 Å². The van der Waals surface area contributed by atoms with Gasteiger partial charge < -0.3 is 14.4 Å². The van der Waals surface area contributed by atoms with Crippen LogP contribution < -0.4 is 0 Å². The van der Waals surface area contributed by atoms with Gasteiger partial charge in [0.05, 0.1) is 18.0 Å². The van der Waals surface area contributed by atoms with Crippen molar-refractivity contribution < 1.29 is 19.2 Å². The maximum absolute atomic E-state index is 11.5. The Morgan fingerprint density at radius 1 is 1.33 bits per heavy atom. The van der Waals surface area contributed by atoms with Gasteiger partial charge in [0.15, 0.2) is 0 Å². The van der Waals surface area contributed by atoms with Crippen molar-refractivity contribution in [2.24, 2.45) is 0 Å². The van der Waals surface area contributed by atoms with Gasteiger partial charge in [0.1, 0.15) is 23.5 Å². The molecule has 2 atom stereocenters. The van der Waals surface area contributed by atoms with Crippen LogP contribution in [0.1, 0.15) is 24.8 Å². The summed E-state index contributed by atoms with van der Waals surface area (Å²) in [4.78, 5) is 24.2. The molecule has 0 aromatic heterocycles. The van der Waals surface area contributed by atoms with Gasteiger partial charge in [-0.3, -0.25) is 10.1 Å². The minimum Gasteiger partial charge on any atom is -0.499 e. The summed E-state index contributed by atoms with van der Waals surface area (Å²) >= 11 is 0. The molecule has 1 aromatic carbocycles. The lowest BCUT2D eigenvalue weighted by Gasteiger charge is -2.37. The molecule has 7 heteroatoms. The molecule has 0 radical (unpaired) electrons. The number of methoxy groups -OCH3 is 2. The summed E-state index contributed by atoms with van der Waals surface area (Å²) in [7, 11) is 2.96. The number of nitrogens with zero attached hydrogens (tertiary/aromatic N) is 2. The third-order valence-corrected chi connectivity index (χ3v) is 4.00. The van der Waals surface area contributed by atoms with E-state index in [0.717, 1.165) is 6.42 Å². The summed E-state index contributed by atoms with van der Waals surface area (Å²) in [5, 5.41) is 11.4. The molecule has 0 bridgehead atoms. The molecule has 0 saturated carbocycles. The number of benzene rings is 1. The van der Waals surface area contributed by atoms with Crippen LogP contribution in [0.2, 0.25) is 0 Å². The minimum absolute atomic E-state index is 0.0401. The quantitative estimate of drug-likeness (QED) is 0.452. The summed E-state index contributed by atoms with van der Waals surface area (Å²) in [5.41, 5.74) is 0.705. The van der Waals surface area contributed by atoms with Gasteiger partial charge in [0.25, 0.3) is 5.69 Å². The van der Waals surface area contributed by atoms with E-state index in [4.69, 9.17) is 9.47 Å². The molecule has 0 amide bonds. The molecule has 0 spiro atoms. The first-order valence-electron chi connectivity index (χ1n) is 7.62. The Hall–Kier alpha value is -2.63. The molecule has 0 N–H and O–H groups in total. The van der Waals surface area contributed by atoms with Crippen LogP contribution in [-0.2, 0) is 14.3 Å². The molecule has 128 valence electrons. The highest BCUT2D eigenvalue weighted by Crippen LogP contribution is 2.41. The molecule has 1 heterocycles. The maximum atomic E-state index is 11.5. The third kappa shape index (κ3) is 3.18. The molecule has 0 fully saturated rings. The van der Waals surface area contributed by atoms with Crippen molar-refractivity contribution in [2.75, 3.05) is 20.8 Å². The Morgan fingerprint density at radius 3 is 2.58 bits per heavy atom. The molecule has 1 aliphatic heterocycles. The zero-order valence-corrected chi connectivity index (χ0v) is 13.9. The molecule has 1 aliphatic rings. The maximum Gasteiger partial charge on any atom is 0.273 e. The van der Waals surface area contributed by atoms with Crippen LogP contribution in [0.15, 0.2) is 41.9 Å². The van der Waals surface area contributed by atoms with Crippen LogP contribution >= 0.6 is 0 Å². The van der Waals surface area contributed by atoms with Crippen molar-refractivity contribution in [1.29, 1.82) is 0 Å². The second-order valence-corrected chi connectivity index (χ2v) is 5.37. The molecule has 2 unspecified atom stereocenters. The largest absolute Gasteiger partial charge is 0.499 e. The lowest BCUT2D eigenvalue weighted by Crippen LogP contribution is -2.39. The average molecular weight is 332 g/mol. The Labute approximate surface area is 140 Å². The van der Waals surface area contributed by atoms with Crippen LogP contribution in [0.25, 0.3) is 0 Å². The molecular formula is C17H20N2O5. The van der Waals surface area contributed by atoms with Crippen molar-refractivity contribution in [3.8, 4) is 0 Å². The van der Waals surface area contributed by atoms with Gasteiger partial charge in [0, 0.05) is 31.5 Å². The van der Waals surface area contributed by atoms with E-state index in [-0.39, 0.29) is 5.69 Å². The highest BCUT2D eigenvalue weighted by molar-refractivity contribution is 5.58. The van der Waals surface area contributed by atoms with Gasteiger partial charge in [-0.1, -0.05) is 25.1 Å².